The molecule has 1 aliphatic heterocycles. The molecule has 108 valence electrons. The first-order valence-electron chi connectivity index (χ1n) is 5.49. The highest BCUT2D eigenvalue weighted by atomic mass is 32.2. The summed E-state index contributed by atoms with van der Waals surface area (Å²) in [4.78, 5) is 22.8. The van der Waals surface area contributed by atoms with Crippen LogP contribution in [0.1, 0.15) is 6.42 Å². The Hall–Kier alpha value is -2.20. The summed E-state index contributed by atoms with van der Waals surface area (Å²) < 4.78 is 22.5. The van der Waals surface area contributed by atoms with Crippen LogP contribution in [0, 0.1) is 10.1 Å². The number of phenols is 1. The number of rotatable bonds is 3. The van der Waals surface area contributed by atoms with Crippen molar-refractivity contribution < 1.29 is 23.2 Å². The Kier molecular flexibility index (Phi) is 3.36. The van der Waals surface area contributed by atoms with Gasteiger partial charge in [-0.05, 0) is 6.07 Å². The number of anilines is 1. The number of primary sulfonamides is 1. The van der Waals surface area contributed by atoms with Gasteiger partial charge in [0.15, 0.2) is 0 Å². The fourth-order valence-corrected chi connectivity index (χ4v) is 2.70. The summed E-state index contributed by atoms with van der Waals surface area (Å²) in [7, 11) is -3.89. The molecule has 1 aromatic rings. The zero-order valence-corrected chi connectivity index (χ0v) is 10.9. The lowest BCUT2D eigenvalue weighted by molar-refractivity contribution is -0.384. The van der Waals surface area contributed by atoms with Gasteiger partial charge >= 0.3 is 0 Å². The third-order valence-corrected chi connectivity index (χ3v) is 4.26. The van der Waals surface area contributed by atoms with Gasteiger partial charge in [0.2, 0.25) is 15.9 Å². The van der Waals surface area contributed by atoms with E-state index in [1.807, 2.05) is 0 Å². The van der Waals surface area contributed by atoms with Gasteiger partial charge in [-0.1, -0.05) is 0 Å². The third kappa shape index (κ3) is 2.56. The number of phenolic OH excluding ortho intramolecular Hbond substituents is 1. The van der Waals surface area contributed by atoms with E-state index in [1.165, 1.54) is 0 Å². The highest BCUT2D eigenvalue weighted by Gasteiger charge is 2.38. The highest BCUT2D eigenvalue weighted by Crippen LogP contribution is 2.34. The maximum atomic E-state index is 11.8. The SMILES string of the molecule is NS(=O)(=O)C1CC(=O)N(c2cc([N+](=O)[O-])ccc2O)C1. The summed E-state index contributed by atoms with van der Waals surface area (Å²) >= 11 is 0. The van der Waals surface area contributed by atoms with E-state index >= 15 is 0 Å². The molecule has 1 aliphatic rings. The third-order valence-electron chi connectivity index (χ3n) is 3.01. The predicted molar refractivity (Wildman–Crippen MR) is 68.6 cm³/mol. The molecule has 0 saturated carbocycles. The molecule has 2 rings (SSSR count). The maximum Gasteiger partial charge on any atom is 0.271 e. The van der Waals surface area contributed by atoms with Crippen molar-refractivity contribution in [2.24, 2.45) is 5.14 Å². The molecule has 1 aromatic carbocycles. The van der Waals surface area contributed by atoms with Gasteiger partial charge in [0, 0.05) is 25.1 Å². The number of nitrogens with zero attached hydrogens (tertiary/aromatic N) is 2. The van der Waals surface area contributed by atoms with Crippen LogP contribution >= 0.6 is 0 Å². The highest BCUT2D eigenvalue weighted by molar-refractivity contribution is 7.89. The number of nitrogens with two attached hydrogens (primary N) is 1. The average molecular weight is 301 g/mol. The number of hydrogen-bond donors (Lipinski definition) is 2. The molecule has 9 nitrogen and oxygen atoms in total. The first-order valence-corrected chi connectivity index (χ1v) is 7.10. The number of aromatic hydroxyl groups is 1. The minimum absolute atomic E-state index is 0.102. The van der Waals surface area contributed by atoms with Crippen molar-refractivity contribution in [3.8, 4) is 5.75 Å². The molecule has 1 amide bonds. The Bertz CT molecular complexity index is 686. The largest absolute Gasteiger partial charge is 0.506 e. The van der Waals surface area contributed by atoms with Crippen LogP contribution < -0.4 is 10.0 Å². The van der Waals surface area contributed by atoms with E-state index in [9.17, 15) is 28.4 Å². The molecule has 10 heteroatoms. The van der Waals surface area contributed by atoms with Gasteiger partial charge in [0.05, 0.1) is 10.6 Å². The number of amides is 1. The van der Waals surface area contributed by atoms with Crippen molar-refractivity contribution in [2.45, 2.75) is 11.7 Å². The van der Waals surface area contributed by atoms with E-state index in [-0.39, 0.29) is 30.1 Å². The maximum absolute atomic E-state index is 11.8. The molecule has 20 heavy (non-hydrogen) atoms. The summed E-state index contributed by atoms with van der Waals surface area (Å²) in [5.74, 6) is -0.918. The van der Waals surface area contributed by atoms with Crippen LogP contribution in [0.4, 0.5) is 11.4 Å². The number of nitro benzene ring substituents is 1. The molecule has 1 saturated heterocycles. The van der Waals surface area contributed by atoms with Crippen molar-refractivity contribution in [1.29, 1.82) is 0 Å². The lowest BCUT2D eigenvalue weighted by Crippen LogP contribution is -2.32. The summed E-state index contributed by atoms with van der Waals surface area (Å²) in [6.45, 7) is -0.244. The zero-order valence-electron chi connectivity index (χ0n) is 10.1. The average Bonchev–Trinajstić information content (AvgIpc) is 2.71. The fraction of sp³-hybridized carbons (Fsp3) is 0.300. The summed E-state index contributed by atoms with van der Waals surface area (Å²) in [6, 6.07) is 3.17. The van der Waals surface area contributed by atoms with Crippen molar-refractivity contribution in [3.05, 3.63) is 28.3 Å². The molecular formula is C10H11N3O6S. The molecule has 0 aromatic heterocycles. The van der Waals surface area contributed by atoms with E-state index in [0.717, 1.165) is 23.1 Å². The molecule has 1 fully saturated rings. The Balaban J connectivity index is 2.40. The van der Waals surface area contributed by atoms with Gasteiger partial charge in [-0.3, -0.25) is 14.9 Å². The molecule has 0 spiro atoms. The molecular weight excluding hydrogens is 290 g/mol. The second kappa shape index (κ2) is 4.72. The number of carbonyl (C=O) groups excluding carboxylic acids is 1. The van der Waals surface area contributed by atoms with Crippen molar-refractivity contribution in [2.75, 3.05) is 11.4 Å². The number of carbonyl (C=O) groups is 1. The number of sulfonamides is 1. The quantitative estimate of drug-likeness (QED) is 0.579. The van der Waals surface area contributed by atoms with Crippen molar-refractivity contribution in [1.82, 2.24) is 0 Å². The monoisotopic (exact) mass is 301 g/mol. The van der Waals surface area contributed by atoms with Crippen LogP contribution in [-0.2, 0) is 14.8 Å². The molecule has 0 bridgehead atoms. The van der Waals surface area contributed by atoms with Gasteiger partial charge < -0.3 is 10.0 Å². The Morgan fingerprint density at radius 3 is 2.60 bits per heavy atom. The predicted octanol–water partition coefficient (Wildman–Crippen LogP) is -0.306. The van der Waals surface area contributed by atoms with Crippen LogP contribution in [0.5, 0.6) is 5.75 Å². The minimum Gasteiger partial charge on any atom is -0.506 e. The van der Waals surface area contributed by atoms with Crippen LogP contribution in [0.2, 0.25) is 0 Å². The Morgan fingerprint density at radius 1 is 1.45 bits per heavy atom. The lowest BCUT2D eigenvalue weighted by atomic mass is 10.2. The van der Waals surface area contributed by atoms with Gasteiger partial charge in [-0.15, -0.1) is 0 Å². The second-order valence-corrected chi connectivity index (χ2v) is 6.19. The Labute approximate surface area is 113 Å². The number of nitro groups is 1. The number of benzene rings is 1. The van der Waals surface area contributed by atoms with E-state index < -0.39 is 26.1 Å². The number of non-ortho nitro benzene ring substituents is 1. The van der Waals surface area contributed by atoms with Gasteiger partial charge in [0.25, 0.3) is 5.69 Å². The summed E-state index contributed by atoms with van der Waals surface area (Å²) in [6.07, 6.45) is -0.318. The minimum atomic E-state index is -3.89. The van der Waals surface area contributed by atoms with Crippen LogP contribution in [-0.4, -0.2) is 36.1 Å². The van der Waals surface area contributed by atoms with Gasteiger partial charge in [-0.25, -0.2) is 13.6 Å². The fourth-order valence-electron chi connectivity index (χ4n) is 1.97. The molecule has 0 aliphatic carbocycles. The van der Waals surface area contributed by atoms with E-state index in [4.69, 9.17) is 5.14 Å². The lowest BCUT2D eigenvalue weighted by Gasteiger charge is -2.17. The van der Waals surface area contributed by atoms with Gasteiger partial charge in [0.1, 0.15) is 11.0 Å². The van der Waals surface area contributed by atoms with Crippen molar-refractivity contribution >= 4 is 27.3 Å². The first-order chi connectivity index (χ1) is 9.20. The van der Waals surface area contributed by atoms with E-state index in [2.05, 4.69) is 0 Å². The molecule has 0 radical (unpaired) electrons. The van der Waals surface area contributed by atoms with Gasteiger partial charge in [-0.2, -0.15) is 0 Å². The first kappa shape index (κ1) is 14.2. The second-order valence-electron chi connectivity index (χ2n) is 4.35. The molecule has 1 atom stereocenters. The molecule has 3 N–H and O–H groups in total. The van der Waals surface area contributed by atoms with Crippen LogP contribution in [0.25, 0.3) is 0 Å². The topological polar surface area (TPSA) is 144 Å². The normalized spacial score (nSPS) is 19.4. The molecule has 1 heterocycles. The van der Waals surface area contributed by atoms with E-state index in [1.54, 1.807) is 0 Å². The van der Waals surface area contributed by atoms with Crippen LogP contribution in [0.3, 0.4) is 0 Å². The Morgan fingerprint density at radius 2 is 2.10 bits per heavy atom. The van der Waals surface area contributed by atoms with E-state index in [0.29, 0.717) is 0 Å². The summed E-state index contributed by atoms with van der Waals surface area (Å²) in [5, 5.41) is 24.3. The standard InChI is InChI=1S/C10H11N3O6S/c11-20(18,19)7-4-10(15)12(5-7)8-3-6(13(16)17)1-2-9(8)14/h1-3,7,14H,4-5H2,(H2,11,18,19). The molecule has 1 unspecified atom stereocenters. The van der Waals surface area contributed by atoms with Crippen LogP contribution in [0.15, 0.2) is 18.2 Å². The smallest absolute Gasteiger partial charge is 0.271 e. The van der Waals surface area contributed by atoms with Crippen molar-refractivity contribution in [3.63, 3.8) is 0 Å². The zero-order chi connectivity index (χ0) is 15.1. The number of hydrogen-bond acceptors (Lipinski definition) is 6. The summed E-state index contributed by atoms with van der Waals surface area (Å²) in [5.41, 5.74) is -0.417.